The summed E-state index contributed by atoms with van der Waals surface area (Å²) < 4.78 is 0. The van der Waals surface area contributed by atoms with Crippen LogP contribution in [0.1, 0.15) is 0 Å². The van der Waals surface area contributed by atoms with E-state index in [1.54, 1.807) is 0 Å². The number of carbonyl (C=O) groups is 1. The fourth-order valence-corrected chi connectivity index (χ4v) is 0. The molecule has 0 saturated heterocycles. The van der Waals surface area contributed by atoms with Crippen molar-refractivity contribution in [1.29, 1.82) is 0 Å². The second-order valence-electron chi connectivity index (χ2n) is 0.860. The third-order valence-corrected chi connectivity index (χ3v) is 0.167. The molecule has 6 nitrogen and oxygen atoms in total. The van der Waals surface area contributed by atoms with Gasteiger partial charge in [0.15, 0.2) is 0 Å². The number of rotatable bonds is 1. The molecule has 0 aliphatic heterocycles. The van der Waals surface area contributed by atoms with Gasteiger partial charge in [-0.05, 0) is 0 Å². The summed E-state index contributed by atoms with van der Waals surface area (Å²) in [4.78, 5) is 8.56. The molecular formula is C3H15CaN3O3. The zero-order valence-corrected chi connectivity index (χ0v) is 5.08. The molecule has 0 unspecified atom stereocenters. The van der Waals surface area contributed by atoms with Crippen molar-refractivity contribution in [3.05, 3.63) is 0 Å². The van der Waals surface area contributed by atoms with Crippen LogP contribution in [0.15, 0.2) is 0 Å². The summed E-state index contributed by atoms with van der Waals surface area (Å²) >= 11 is 0. The maximum atomic E-state index is 8.56. The molecule has 62 valence electrons. The summed E-state index contributed by atoms with van der Waals surface area (Å²) in [5, 5.41) is 13.9. The Kier molecular flexibility index (Phi) is 51.0. The van der Waals surface area contributed by atoms with Crippen molar-refractivity contribution in [2.24, 2.45) is 11.5 Å². The average Bonchev–Trinajstić information content (AvgIpc) is 1.65. The molecule has 0 aromatic carbocycles. The van der Waals surface area contributed by atoms with E-state index in [1.165, 1.54) is 0 Å². The Labute approximate surface area is 89.2 Å². The van der Waals surface area contributed by atoms with Gasteiger partial charge in [0.1, 0.15) is 0 Å². The van der Waals surface area contributed by atoms with Crippen molar-refractivity contribution in [1.82, 2.24) is 6.15 Å². The molecule has 0 fully saturated rings. The van der Waals surface area contributed by atoms with Crippen LogP contribution in [0.5, 0.6) is 0 Å². The van der Waals surface area contributed by atoms with E-state index in [9.17, 15) is 0 Å². The summed E-state index contributed by atoms with van der Waals surface area (Å²) in [6.07, 6.45) is -1.83. The van der Waals surface area contributed by atoms with Gasteiger partial charge in [0.25, 0.3) is 0 Å². The van der Waals surface area contributed by atoms with E-state index in [4.69, 9.17) is 26.5 Å². The summed E-state index contributed by atoms with van der Waals surface area (Å²) in [6.45, 7) is 1.19. The van der Waals surface area contributed by atoms with E-state index in [1.807, 2.05) is 0 Å². The molecule has 0 spiro atoms. The first-order chi connectivity index (χ1) is 3.65. The molecule has 0 heterocycles. The molecule has 7 heteroatoms. The zero-order valence-electron chi connectivity index (χ0n) is 5.08. The molecule has 0 aliphatic rings. The molecule has 0 rings (SSSR count). The van der Waals surface area contributed by atoms with Gasteiger partial charge < -0.3 is 27.8 Å². The normalized spacial score (nSPS) is 5.40. The van der Waals surface area contributed by atoms with Crippen LogP contribution in [0, 0.1) is 0 Å². The molecule has 0 aromatic heterocycles. The Morgan fingerprint density at radius 3 is 1.30 bits per heavy atom. The molecule has 9 N–H and O–H groups in total. The van der Waals surface area contributed by atoms with Gasteiger partial charge in [-0.15, -0.1) is 0 Å². The summed E-state index contributed by atoms with van der Waals surface area (Å²) in [5.41, 5.74) is 9.81. The summed E-state index contributed by atoms with van der Waals surface area (Å²) in [6, 6.07) is 0. The van der Waals surface area contributed by atoms with Crippen molar-refractivity contribution in [2.75, 3.05) is 13.1 Å². The third kappa shape index (κ3) is 232. The minimum atomic E-state index is -1.83. The molecule has 0 radical (unpaired) electrons. The predicted octanol–water partition coefficient (Wildman–Crippen LogP) is -1.63. The fraction of sp³-hybridized carbons (Fsp3) is 0.667. The van der Waals surface area contributed by atoms with Crippen molar-refractivity contribution >= 4 is 43.9 Å². The quantitative estimate of drug-likeness (QED) is 0.307. The zero-order chi connectivity index (χ0) is 6.99. The first-order valence-electron chi connectivity index (χ1n) is 1.97. The molecule has 0 aromatic rings. The van der Waals surface area contributed by atoms with E-state index in [0.717, 1.165) is 0 Å². The minimum absolute atomic E-state index is 0. The summed E-state index contributed by atoms with van der Waals surface area (Å²) in [7, 11) is 0. The van der Waals surface area contributed by atoms with E-state index in [2.05, 4.69) is 0 Å². The predicted molar refractivity (Wildman–Crippen MR) is 42.3 cm³/mol. The number of nitrogens with two attached hydrogens (primary N) is 2. The van der Waals surface area contributed by atoms with E-state index in [0.29, 0.717) is 13.1 Å². The maximum absolute atomic E-state index is 8.56. The molecular weight excluding hydrogens is 166 g/mol. The second-order valence-corrected chi connectivity index (χ2v) is 0.860. The van der Waals surface area contributed by atoms with E-state index in [-0.39, 0.29) is 43.9 Å². The van der Waals surface area contributed by atoms with Crippen molar-refractivity contribution in [3.63, 3.8) is 0 Å². The van der Waals surface area contributed by atoms with Crippen LogP contribution in [0.25, 0.3) is 0 Å². The van der Waals surface area contributed by atoms with Crippen LogP contribution in [-0.4, -0.2) is 67.2 Å². The van der Waals surface area contributed by atoms with Crippen LogP contribution in [0.2, 0.25) is 0 Å². The van der Waals surface area contributed by atoms with Crippen LogP contribution in [-0.2, 0) is 0 Å². The van der Waals surface area contributed by atoms with Crippen LogP contribution >= 0.6 is 0 Å². The van der Waals surface area contributed by atoms with Gasteiger partial charge in [-0.2, -0.15) is 0 Å². The Bertz CT molecular complexity index is 57.0. The Hall–Kier alpha value is 0.410. The van der Waals surface area contributed by atoms with E-state index < -0.39 is 6.16 Å². The molecule has 0 atom stereocenters. The Morgan fingerprint density at radius 2 is 1.30 bits per heavy atom. The van der Waals surface area contributed by atoms with Crippen molar-refractivity contribution in [3.8, 4) is 0 Å². The second kappa shape index (κ2) is 22.7. The van der Waals surface area contributed by atoms with Crippen molar-refractivity contribution < 1.29 is 15.0 Å². The molecule has 10 heavy (non-hydrogen) atoms. The molecule has 0 amide bonds. The summed E-state index contributed by atoms with van der Waals surface area (Å²) in [5.74, 6) is 0. The van der Waals surface area contributed by atoms with Gasteiger partial charge in [-0.3, -0.25) is 0 Å². The standard InChI is InChI=1S/C2H8N2.CH2O3.Ca.H3N.2H/c3-1-2-4;2-1(3)4;;;;/h1-4H2;(H2,2,3,4);;1H3;;. The fourth-order valence-electron chi connectivity index (χ4n) is 0. The number of carboxylic acid groups (broad SMARTS) is 2. The third-order valence-electron chi connectivity index (χ3n) is 0.167. The van der Waals surface area contributed by atoms with E-state index >= 15 is 0 Å². The van der Waals surface area contributed by atoms with Gasteiger partial charge in [-0.1, -0.05) is 0 Å². The first kappa shape index (κ1) is 22.4. The Balaban J connectivity index is -0.0000000300. The van der Waals surface area contributed by atoms with Gasteiger partial charge in [0, 0.05) is 13.1 Å². The van der Waals surface area contributed by atoms with Crippen LogP contribution in [0.3, 0.4) is 0 Å². The molecule has 0 saturated carbocycles. The Morgan fingerprint density at radius 1 is 1.20 bits per heavy atom. The number of hydrogen-bond acceptors (Lipinski definition) is 4. The van der Waals surface area contributed by atoms with Crippen molar-refractivity contribution in [2.45, 2.75) is 0 Å². The average molecular weight is 181 g/mol. The van der Waals surface area contributed by atoms with Crippen LogP contribution in [0.4, 0.5) is 4.79 Å². The van der Waals surface area contributed by atoms with Gasteiger partial charge in [-0.25, -0.2) is 4.79 Å². The van der Waals surface area contributed by atoms with Crippen LogP contribution < -0.4 is 17.6 Å². The molecule has 0 bridgehead atoms. The topological polar surface area (TPSA) is 145 Å². The van der Waals surface area contributed by atoms with Gasteiger partial charge in [0.2, 0.25) is 0 Å². The monoisotopic (exact) mass is 181 g/mol. The van der Waals surface area contributed by atoms with Gasteiger partial charge in [0.05, 0.1) is 0 Å². The number of hydrogen-bond donors (Lipinski definition) is 5. The molecule has 0 aliphatic carbocycles. The van der Waals surface area contributed by atoms with Gasteiger partial charge >= 0.3 is 43.9 Å². The first-order valence-corrected chi connectivity index (χ1v) is 1.97. The SMILES string of the molecule is N.NCCN.O=C(O)O.[CaH2].